The van der Waals surface area contributed by atoms with Gasteiger partial charge in [0.25, 0.3) is 5.92 Å². The van der Waals surface area contributed by atoms with Crippen molar-refractivity contribution in [2.45, 2.75) is 19.8 Å². The molecule has 2 aromatic rings. The molecule has 3 heteroatoms. The van der Waals surface area contributed by atoms with Crippen molar-refractivity contribution in [3.8, 4) is 11.1 Å². The van der Waals surface area contributed by atoms with Crippen LogP contribution in [0.5, 0.6) is 0 Å². The Hall–Kier alpha value is -1.90. The van der Waals surface area contributed by atoms with Crippen molar-refractivity contribution < 1.29 is 8.78 Å². The number of hydrogen-bond acceptors (Lipinski definition) is 1. The van der Waals surface area contributed by atoms with Gasteiger partial charge < -0.3 is 5.73 Å². The van der Waals surface area contributed by atoms with Crippen molar-refractivity contribution in [1.29, 1.82) is 0 Å². The topological polar surface area (TPSA) is 26.0 Å². The van der Waals surface area contributed by atoms with Gasteiger partial charge in [-0.1, -0.05) is 44.2 Å². The van der Waals surface area contributed by atoms with Gasteiger partial charge in [-0.2, -0.15) is 0 Å². The van der Waals surface area contributed by atoms with Crippen molar-refractivity contribution in [3.05, 3.63) is 54.1 Å². The lowest BCUT2D eigenvalue weighted by atomic mass is 9.94. The lowest BCUT2D eigenvalue weighted by molar-refractivity contribution is -0.0513. The highest BCUT2D eigenvalue weighted by molar-refractivity contribution is 5.68. The highest BCUT2D eigenvalue weighted by atomic mass is 19.3. The molecule has 2 rings (SSSR count). The first-order valence-corrected chi connectivity index (χ1v) is 6.25. The second kappa shape index (κ2) is 5.00. The number of nitrogen functional groups attached to an aromatic ring is 1. The molecule has 100 valence electrons. The maximum absolute atomic E-state index is 14.0. The van der Waals surface area contributed by atoms with E-state index in [1.807, 2.05) is 18.2 Å². The van der Waals surface area contributed by atoms with E-state index in [9.17, 15) is 8.78 Å². The van der Waals surface area contributed by atoms with E-state index in [1.165, 1.54) is 26.0 Å². The quantitative estimate of drug-likeness (QED) is 0.797. The molecule has 0 unspecified atom stereocenters. The number of nitrogens with two attached hydrogens (primary N) is 1. The molecule has 0 aliphatic heterocycles. The zero-order chi connectivity index (χ0) is 14.0. The van der Waals surface area contributed by atoms with Crippen LogP contribution >= 0.6 is 0 Å². The van der Waals surface area contributed by atoms with Crippen LogP contribution in [-0.4, -0.2) is 0 Å². The molecule has 2 N–H and O–H groups in total. The highest BCUT2D eigenvalue weighted by Gasteiger charge is 2.35. The summed E-state index contributed by atoms with van der Waals surface area (Å²) in [5, 5.41) is 0. The van der Waals surface area contributed by atoms with Crippen molar-refractivity contribution >= 4 is 5.69 Å². The maximum Gasteiger partial charge on any atom is 0.275 e. The van der Waals surface area contributed by atoms with E-state index in [2.05, 4.69) is 0 Å². The summed E-state index contributed by atoms with van der Waals surface area (Å²) in [5.41, 5.74) is 7.99. The summed E-state index contributed by atoms with van der Waals surface area (Å²) in [6.07, 6.45) is 0. The molecule has 0 aliphatic rings. The van der Waals surface area contributed by atoms with Gasteiger partial charge in [-0.15, -0.1) is 0 Å². The van der Waals surface area contributed by atoms with Gasteiger partial charge in [-0.05, 0) is 29.3 Å². The molecular weight excluding hydrogens is 244 g/mol. The first-order chi connectivity index (χ1) is 8.91. The van der Waals surface area contributed by atoms with Gasteiger partial charge in [0.1, 0.15) is 0 Å². The lowest BCUT2D eigenvalue weighted by Crippen LogP contribution is -2.20. The molecule has 0 saturated heterocycles. The van der Waals surface area contributed by atoms with Crippen LogP contribution in [0.3, 0.4) is 0 Å². The van der Waals surface area contributed by atoms with Crippen LogP contribution in [-0.2, 0) is 5.92 Å². The summed E-state index contributed by atoms with van der Waals surface area (Å²) in [4.78, 5) is 0. The average Bonchev–Trinajstić information content (AvgIpc) is 2.38. The zero-order valence-electron chi connectivity index (χ0n) is 11.0. The Kier molecular flexibility index (Phi) is 3.56. The molecular formula is C16H17F2N. The van der Waals surface area contributed by atoms with E-state index in [1.54, 1.807) is 18.2 Å². The molecule has 0 aliphatic carbocycles. The van der Waals surface area contributed by atoms with E-state index in [0.717, 1.165) is 11.1 Å². The molecule has 0 heterocycles. The van der Waals surface area contributed by atoms with Crippen LogP contribution in [0.25, 0.3) is 11.1 Å². The minimum atomic E-state index is -2.82. The van der Waals surface area contributed by atoms with E-state index < -0.39 is 11.8 Å². The SMILES string of the molecule is CC(C)C(F)(F)c1cccc(-c2cccc(N)c2)c1. The molecule has 19 heavy (non-hydrogen) atoms. The number of hydrogen-bond donors (Lipinski definition) is 1. The Balaban J connectivity index is 2.46. The van der Waals surface area contributed by atoms with Crippen LogP contribution in [0.15, 0.2) is 48.5 Å². The third kappa shape index (κ3) is 2.75. The highest BCUT2D eigenvalue weighted by Crippen LogP contribution is 2.37. The normalized spacial score (nSPS) is 11.8. The first-order valence-electron chi connectivity index (χ1n) is 6.25. The lowest BCUT2D eigenvalue weighted by Gasteiger charge is -2.21. The van der Waals surface area contributed by atoms with Crippen molar-refractivity contribution in [3.63, 3.8) is 0 Å². The van der Waals surface area contributed by atoms with Crippen LogP contribution in [0.2, 0.25) is 0 Å². The Labute approximate surface area is 112 Å². The molecule has 0 aromatic heterocycles. The fourth-order valence-corrected chi connectivity index (χ4v) is 1.96. The van der Waals surface area contributed by atoms with E-state index in [0.29, 0.717) is 5.69 Å². The smallest absolute Gasteiger partial charge is 0.275 e. The monoisotopic (exact) mass is 261 g/mol. The minimum absolute atomic E-state index is 0.0439. The van der Waals surface area contributed by atoms with Crippen LogP contribution in [0, 0.1) is 5.92 Å². The second-order valence-electron chi connectivity index (χ2n) is 4.98. The minimum Gasteiger partial charge on any atom is -0.399 e. The second-order valence-corrected chi connectivity index (χ2v) is 4.98. The van der Waals surface area contributed by atoms with E-state index in [4.69, 9.17) is 5.73 Å². The summed E-state index contributed by atoms with van der Waals surface area (Å²) >= 11 is 0. The molecule has 0 radical (unpaired) electrons. The summed E-state index contributed by atoms with van der Waals surface area (Å²) in [6, 6.07) is 13.7. The summed E-state index contributed by atoms with van der Waals surface area (Å²) in [6.45, 7) is 3.04. The average molecular weight is 261 g/mol. The molecule has 0 bridgehead atoms. The third-order valence-electron chi connectivity index (χ3n) is 3.19. The maximum atomic E-state index is 14.0. The van der Waals surface area contributed by atoms with Gasteiger partial charge in [0.05, 0.1) is 0 Å². The Bertz CT molecular complexity index is 576. The Morgan fingerprint density at radius 3 is 2.11 bits per heavy atom. The zero-order valence-corrected chi connectivity index (χ0v) is 11.0. The van der Waals surface area contributed by atoms with Gasteiger partial charge in [0.2, 0.25) is 0 Å². The third-order valence-corrected chi connectivity index (χ3v) is 3.19. The van der Waals surface area contributed by atoms with Gasteiger partial charge in [-0.25, -0.2) is 8.78 Å². The Morgan fingerprint density at radius 2 is 1.53 bits per heavy atom. The molecule has 0 fully saturated rings. The fraction of sp³-hybridized carbons (Fsp3) is 0.250. The number of anilines is 1. The Morgan fingerprint density at radius 1 is 0.947 bits per heavy atom. The van der Waals surface area contributed by atoms with Gasteiger partial charge >= 0.3 is 0 Å². The fourth-order valence-electron chi connectivity index (χ4n) is 1.96. The predicted molar refractivity (Wildman–Crippen MR) is 75.0 cm³/mol. The summed E-state index contributed by atoms with van der Waals surface area (Å²) < 4.78 is 28.1. The largest absolute Gasteiger partial charge is 0.399 e. The molecule has 2 aromatic carbocycles. The molecule has 0 amide bonds. The van der Waals surface area contributed by atoms with Crippen LogP contribution in [0.1, 0.15) is 19.4 Å². The molecule has 0 saturated carbocycles. The predicted octanol–water partition coefficient (Wildman–Crippen LogP) is 4.68. The number of alkyl halides is 2. The van der Waals surface area contributed by atoms with Gasteiger partial charge in [0, 0.05) is 17.2 Å². The number of benzene rings is 2. The van der Waals surface area contributed by atoms with Crippen LogP contribution in [0.4, 0.5) is 14.5 Å². The van der Waals surface area contributed by atoms with Gasteiger partial charge in [0.15, 0.2) is 0 Å². The summed E-state index contributed by atoms with van der Waals surface area (Å²) in [7, 11) is 0. The number of rotatable bonds is 3. The van der Waals surface area contributed by atoms with Gasteiger partial charge in [-0.3, -0.25) is 0 Å². The first kappa shape index (κ1) is 13.5. The van der Waals surface area contributed by atoms with Crippen LogP contribution < -0.4 is 5.73 Å². The standard InChI is InChI=1S/C16H17F2N/c1-11(2)16(17,18)14-7-3-5-12(9-14)13-6-4-8-15(19)10-13/h3-11H,19H2,1-2H3. The van der Waals surface area contributed by atoms with Crippen molar-refractivity contribution in [2.24, 2.45) is 5.92 Å². The molecule has 0 spiro atoms. The molecule has 1 nitrogen and oxygen atoms in total. The van der Waals surface area contributed by atoms with E-state index in [-0.39, 0.29) is 5.56 Å². The summed E-state index contributed by atoms with van der Waals surface area (Å²) in [5.74, 6) is -3.56. The number of halogens is 2. The molecule has 0 atom stereocenters. The van der Waals surface area contributed by atoms with E-state index >= 15 is 0 Å². The van der Waals surface area contributed by atoms with Crippen molar-refractivity contribution in [2.75, 3.05) is 5.73 Å². The van der Waals surface area contributed by atoms with Crippen molar-refractivity contribution in [1.82, 2.24) is 0 Å².